The predicted octanol–water partition coefficient (Wildman–Crippen LogP) is 4.07. The minimum absolute atomic E-state index is 0.725. The second-order valence-electron chi connectivity index (χ2n) is 4.46. The quantitative estimate of drug-likeness (QED) is 0.858. The van der Waals surface area contributed by atoms with Crippen molar-refractivity contribution in [1.29, 1.82) is 0 Å². The van der Waals surface area contributed by atoms with Crippen LogP contribution in [0.1, 0.15) is 31.2 Å². The second-order valence-corrected chi connectivity index (χ2v) is 5.34. The van der Waals surface area contributed by atoms with E-state index >= 15 is 0 Å². The maximum absolute atomic E-state index is 5.95. The van der Waals surface area contributed by atoms with E-state index in [-0.39, 0.29) is 0 Å². The van der Waals surface area contributed by atoms with Crippen LogP contribution in [0.3, 0.4) is 0 Å². The number of hydrogen-bond acceptors (Lipinski definition) is 1. The Morgan fingerprint density at radius 3 is 2.31 bits per heavy atom. The summed E-state index contributed by atoms with van der Waals surface area (Å²) in [7, 11) is 0. The van der Waals surface area contributed by atoms with Crippen LogP contribution < -0.4 is 5.32 Å². The van der Waals surface area contributed by atoms with Gasteiger partial charge >= 0.3 is 0 Å². The molecule has 0 bridgehead atoms. The summed E-state index contributed by atoms with van der Waals surface area (Å²) in [5.41, 5.74) is 1.21. The smallest absolute Gasteiger partial charge is 0.0423 e. The van der Waals surface area contributed by atoms with Crippen LogP contribution >= 0.6 is 23.2 Å². The fourth-order valence-electron chi connectivity index (χ4n) is 2.31. The minimum atomic E-state index is 0.725. The van der Waals surface area contributed by atoms with Gasteiger partial charge in [0.15, 0.2) is 0 Å². The molecule has 1 fully saturated rings. The molecule has 0 unspecified atom stereocenters. The van der Waals surface area contributed by atoms with Crippen molar-refractivity contribution < 1.29 is 0 Å². The lowest BCUT2D eigenvalue weighted by atomic mass is 10.1. The van der Waals surface area contributed by atoms with Gasteiger partial charge in [0, 0.05) is 16.1 Å². The third-order valence-electron chi connectivity index (χ3n) is 3.12. The Kier molecular flexibility index (Phi) is 4.51. The number of benzene rings is 1. The summed E-state index contributed by atoms with van der Waals surface area (Å²) in [6, 6.07) is 6.49. The van der Waals surface area contributed by atoms with Crippen LogP contribution in [-0.2, 0) is 6.42 Å². The van der Waals surface area contributed by atoms with Gasteiger partial charge < -0.3 is 5.32 Å². The summed E-state index contributed by atoms with van der Waals surface area (Å²) in [4.78, 5) is 0. The van der Waals surface area contributed by atoms with Crippen molar-refractivity contribution in [2.75, 3.05) is 6.54 Å². The van der Waals surface area contributed by atoms with Gasteiger partial charge in [-0.1, -0.05) is 36.0 Å². The maximum atomic E-state index is 5.95. The zero-order chi connectivity index (χ0) is 11.4. The molecule has 0 aromatic heterocycles. The highest BCUT2D eigenvalue weighted by molar-refractivity contribution is 6.34. The van der Waals surface area contributed by atoms with Crippen molar-refractivity contribution in [3.63, 3.8) is 0 Å². The standard InChI is InChI=1S/C13H17Cl2N/c14-11-7-10(8-12(15)9-11)5-6-16-13-3-1-2-4-13/h7-9,13,16H,1-6H2. The SMILES string of the molecule is Clc1cc(Cl)cc(CCNC2CCCC2)c1. The molecular formula is C13H17Cl2N. The molecule has 0 saturated heterocycles. The first-order chi connectivity index (χ1) is 7.74. The van der Waals surface area contributed by atoms with Gasteiger partial charge in [0.1, 0.15) is 0 Å². The molecule has 0 amide bonds. The molecule has 0 atom stereocenters. The lowest BCUT2D eigenvalue weighted by Crippen LogP contribution is -2.27. The summed E-state index contributed by atoms with van der Waals surface area (Å²) in [6.45, 7) is 1.02. The van der Waals surface area contributed by atoms with Gasteiger partial charge in [0.05, 0.1) is 0 Å². The van der Waals surface area contributed by atoms with Crippen LogP contribution in [0.25, 0.3) is 0 Å². The Labute approximate surface area is 107 Å². The van der Waals surface area contributed by atoms with Crippen molar-refractivity contribution in [1.82, 2.24) is 5.32 Å². The predicted molar refractivity (Wildman–Crippen MR) is 70.4 cm³/mol. The fourth-order valence-corrected chi connectivity index (χ4v) is 2.88. The fraction of sp³-hybridized carbons (Fsp3) is 0.538. The van der Waals surface area contributed by atoms with E-state index in [4.69, 9.17) is 23.2 Å². The van der Waals surface area contributed by atoms with Crippen LogP contribution in [0.15, 0.2) is 18.2 Å². The molecule has 1 aliphatic rings. The zero-order valence-electron chi connectivity index (χ0n) is 9.31. The number of rotatable bonds is 4. The number of nitrogens with one attached hydrogen (secondary N) is 1. The molecule has 1 nitrogen and oxygen atoms in total. The van der Waals surface area contributed by atoms with Crippen LogP contribution in [0.4, 0.5) is 0 Å². The van der Waals surface area contributed by atoms with E-state index in [9.17, 15) is 0 Å². The van der Waals surface area contributed by atoms with Crippen LogP contribution in [-0.4, -0.2) is 12.6 Å². The largest absolute Gasteiger partial charge is 0.314 e. The van der Waals surface area contributed by atoms with Crippen LogP contribution in [0, 0.1) is 0 Å². The molecule has 0 aliphatic heterocycles. The minimum Gasteiger partial charge on any atom is -0.314 e. The first-order valence-electron chi connectivity index (χ1n) is 5.92. The van der Waals surface area contributed by atoms with E-state index in [1.807, 2.05) is 12.1 Å². The molecule has 1 aliphatic carbocycles. The van der Waals surface area contributed by atoms with Crippen molar-refractivity contribution in [3.8, 4) is 0 Å². The molecule has 0 spiro atoms. The molecule has 1 aromatic carbocycles. The summed E-state index contributed by atoms with van der Waals surface area (Å²) >= 11 is 11.9. The van der Waals surface area contributed by atoms with Crippen LogP contribution in [0.2, 0.25) is 10.0 Å². The molecule has 1 aromatic rings. The molecular weight excluding hydrogens is 241 g/mol. The van der Waals surface area contributed by atoms with Gasteiger partial charge in [-0.25, -0.2) is 0 Å². The van der Waals surface area contributed by atoms with Crippen molar-refractivity contribution in [2.45, 2.75) is 38.1 Å². The Balaban J connectivity index is 1.80. The molecule has 3 heteroatoms. The van der Waals surface area contributed by atoms with Gasteiger partial charge in [-0.2, -0.15) is 0 Å². The average Bonchev–Trinajstić information content (AvgIpc) is 2.69. The van der Waals surface area contributed by atoms with Crippen molar-refractivity contribution in [3.05, 3.63) is 33.8 Å². The highest BCUT2D eigenvalue weighted by Crippen LogP contribution is 2.20. The maximum Gasteiger partial charge on any atom is 0.0423 e. The molecule has 1 saturated carbocycles. The van der Waals surface area contributed by atoms with E-state index in [0.29, 0.717) is 0 Å². The monoisotopic (exact) mass is 257 g/mol. The highest BCUT2D eigenvalue weighted by Gasteiger charge is 2.13. The van der Waals surface area contributed by atoms with E-state index in [1.165, 1.54) is 31.2 Å². The lowest BCUT2D eigenvalue weighted by Gasteiger charge is -2.11. The van der Waals surface area contributed by atoms with E-state index < -0.39 is 0 Å². The summed E-state index contributed by atoms with van der Waals surface area (Å²) in [6.07, 6.45) is 6.41. The van der Waals surface area contributed by atoms with Gasteiger partial charge in [-0.15, -0.1) is 0 Å². The second kappa shape index (κ2) is 5.90. The van der Waals surface area contributed by atoms with E-state index in [1.54, 1.807) is 6.07 Å². The molecule has 88 valence electrons. The molecule has 0 radical (unpaired) electrons. The topological polar surface area (TPSA) is 12.0 Å². The zero-order valence-corrected chi connectivity index (χ0v) is 10.8. The number of halogens is 2. The van der Waals surface area contributed by atoms with E-state index in [0.717, 1.165) is 29.1 Å². The average molecular weight is 258 g/mol. The first-order valence-corrected chi connectivity index (χ1v) is 6.68. The van der Waals surface area contributed by atoms with Gasteiger partial charge in [-0.3, -0.25) is 0 Å². The summed E-state index contributed by atoms with van der Waals surface area (Å²) in [5.74, 6) is 0. The molecule has 2 rings (SSSR count). The third kappa shape index (κ3) is 3.65. The Morgan fingerprint density at radius 1 is 1.06 bits per heavy atom. The third-order valence-corrected chi connectivity index (χ3v) is 3.56. The van der Waals surface area contributed by atoms with Crippen molar-refractivity contribution in [2.24, 2.45) is 0 Å². The normalized spacial score (nSPS) is 16.9. The van der Waals surface area contributed by atoms with E-state index in [2.05, 4.69) is 5.32 Å². The Bertz CT molecular complexity index is 326. The van der Waals surface area contributed by atoms with Crippen molar-refractivity contribution >= 4 is 23.2 Å². The summed E-state index contributed by atoms with van der Waals surface area (Å²) < 4.78 is 0. The molecule has 1 N–H and O–H groups in total. The lowest BCUT2D eigenvalue weighted by molar-refractivity contribution is 0.528. The highest BCUT2D eigenvalue weighted by atomic mass is 35.5. The molecule has 16 heavy (non-hydrogen) atoms. The van der Waals surface area contributed by atoms with Crippen LogP contribution in [0.5, 0.6) is 0 Å². The number of hydrogen-bond donors (Lipinski definition) is 1. The van der Waals surface area contributed by atoms with Gasteiger partial charge in [0.25, 0.3) is 0 Å². The summed E-state index contributed by atoms with van der Waals surface area (Å²) in [5, 5.41) is 5.03. The molecule has 0 heterocycles. The Morgan fingerprint density at radius 2 is 1.69 bits per heavy atom. The Hall–Kier alpha value is -0.240. The van der Waals surface area contributed by atoms with Gasteiger partial charge in [-0.05, 0) is 49.6 Å². The van der Waals surface area contributed by atoms with Gasteiger partial charge in [0.2, 0.25) is 0 Å². The first kappa shape index (κ1) is 12.2.